The first kappa shape index (κ1) is 11.2. The molecule has 1 aromatic heterocycles. The van der Waals surface area contributed by atoms with Gasteiger partial charge >= 0.3 is 5.96 Å². The summed E-state index contributed by atoms with van der Waals surface area (Å²) in [5, 5.41) is 20.9. The van der Waals surface area contributed by atoms with Crippen LogP contribution in [0.25, 0.3) is 11.3 Å². The van der Waals surface area contributed by atoms with E-state index in [-0.39, 0.29) is 17.5 Å². The molecule has 0 bridgehead atoms. The summed E-state index contributed by atoms with van der Waals surface area (Å²) in [7, 11) is 0. The van der Waals surface area contributed by atoms with E-state index in [1.54, 1.807) is 11.4 Å². The van der Waals surface area contributed by atoms with Gasteiger partial charge in [0.15, 0.2) is 11.5 Å². The lowest BCUT2D eigenvalue weighted by Gasteiger charge is -1.98. The zero-order valence-electron chi connectivity index (χ0n) is 8.71. The van der Waals surface area contributed by atoms with Crippen molar-refractivity contribution in [3.63, 3.8) is 0 Å². The van der Waals surface area contributed by atoms with E-state index in [0.29, 0.717) is 16.4 Å². The molecule has 0 radical (unpaired) electrons. The van der Waals surface area contributed by atoms with Crippen molar-refractivity contribution in [2.75, 3.05) is 0 Å². The van der Waals surface area contributed by atoms with Gasteiger partial charge in [-0.15, -0.1) is 4.98 Å². The molecule has 0 atom stereocenters. The van der Waals surface area contributed by atoms with Gasteiger partial charge in [-0.1, -0.05) is 11.3 Å². The molecule has 0 aliphatic heterocycles. The maximum atomic E-state index is 9.38. The number of hydrogen-bond donors (Lipinski definition) is 5. The Hall–Kier alpha value is -2.28. The standard InChI is InChI=1S/C10H10N4O2S/c11-9(12)14-10-13-6(4-17-10)5-1-2-7(15)8(16)3-5/h1-4,15-16H,(H4,11,12,13,14)/p+1. The molecule has 7 heteroatoms. The van der Waals surface area contributed by atoms with Crippen molar-refractivity contribution in [1.29, 1.82) is 0 Å². The highest BCUT2D eigenvalue weighted by molar-refractivity contribution is 7.13. The number of rotatable bonds is 2. The van der Waals surface area contributed by atoms with E-state index in [1.807, 2.05) is 0 Å². The van der Waals surface area contributed by atoms with Crippen LogP contribution in [-0.4, -0.2) is 21.2 Å². The van der Waals surface area contributed by atoms with Crippen molar-refractivity contribution in [3.8, 4) is 22.8 Å². The maximum Gasteiger partial charge on any atom is 0.303 e. The monoisotopic (exact) mass is 251 g/mol. The van der Waals surface area contributed by atoms with Crippen molar-refractivity contribution in [1.82, 2.24) is 4.98 Å². The highest BCUT2D eigenvalue weighted by Crippen LogP contribution is 2.31. The summed E-state index contributed by atoms with van der Waals surface area (Å²) in [6.07, 6.45) is 0. The summed E-state index contributed by atoms with van der Waals surface area (Å²) < 4.78 is 0. The van der Waals surface area contributed by atoms with Crippen molar-refractivity contribution < 1.29 is 15.2 Å². The lowest BCUT2D eigenvalue weighted by molar-refractivity contribution is -0.355. The van der Waals surface area contributed by atoms with E-state index >= 15 is 0 Å². The fourth-order valence-electron chi connectivity index (χ4n) is 1.27. The smallest absolute Gasteiger partial charge is 0.303 e. The summed E-state index contributed by atoms with van der Waals surface area (Å²) in [6, 6.07) is 4.49. The number of aromatic nitrogens is 1. The molecule has 0 fully saturated rings. The van der Waals surface area contributed by atoms with E-state index < -0.39 is 0 Å². The second kappa shape index (κ2) is 4.30. The number of phenolic OH excluding ortho intramolecular Hbond substituents is 2. The van der Waals surface area contributed by atoms with Crippen LogP contribution >= 0.6 is 11.3 Å². The van der Waals surface area contributed by atoms with Crippen molar-refractivity contribution in [3.05, 3.63) is 23.6 Å². The Labute approximate surface area is 101 Å². The van der Waals surface area contributed by atoms with Gasteiger partial charge in [0.05, 0.1) is 0 Å². The number of aromatic hydroxyl groups is 2. The minimum Gasteiger partial charge on any atom is -0.504 e. The molecule has 7 N–H and O–H groups in total. The van der Waals surface area contributed by atoms with Crippen LogP contribution in [0.5, 0.6) is 11.5 Å². The Morgan fingerprint density at radius 2 is 2.00 bits per heavy atom. The van der Waals surface area contributed by atoms with Crippen LogP contribution in [0.4, 0.5) is 5.13 Å². The van der Waals surface area contributed by atoms with Gasteiger partial charge in [-0.3, -0.25) is 0 Å². The molecule has 6 nitrogen and oxygen atoms in total. The third kappa shape index (κ3) is 2.45. The molecule has 0 amide bonds. The van der Waals surface area contributed by atoms with Gasteiger partial charge in [0, 0.05) is 10.9 Å². The molecule has 0 spiro atoms. The van der Waals surface area contributed by atoms with E-state index in [0.717, 1.165) is 0 Å². The Kier molecular flexibility index (Phi) is 2.84. The Morgan fingerprint density at radius 3 is 2.65 bits per heavy atom. The van der Waals surface area contributed by atoms with Gasteiger partial charge < -0.3 is 21.7 Å². The number of benzene rings is 1. The van der Waals surface area contributed by atoms with Crippen molar-refractivity contribution in [2.24, 2.45) is 11.5 Å². The lowest BCUT2D eigenvalue weighted by Crippen LogP contribution is -2.72. The van der Waals surface area contributed by atoms with Gasteiger partial charge in [-0.25, -0.2) is 4.99 Å². The molecule has 88 valence electrons. The Balaban J connectivity index is 2.37. The van der Waals surface area contributed by atoms with E-state index in [9.17, 15) is 10.2 Å². The highest BCUT2D eigenvalue weighted by atomic mass is 32.1. The summed E-state index contributed by atoms with van der Waals surface area (Å²) in [4.78, 5) is 6.91. The fraction of sp³-hybridized carbons (Fsp3) is 0. The molecule has 17 heavy (non-hydrogen) atoms. The minimum atomic E-state index is -0.185. The zero-order valence-corrected chi connectivity index (χ0v) is 9.53. The molecule has 0 saturated heterocycles. The predicted octanol–water partition coefficient (Wildman–Crippen LogP) is -0.793. The fourth-order valence-corrected chi connectivity index (χ4v) is 2.01. The minimum absolute atomic E-state index is 0.0689. The number of nitrogens with zero attached hydrogens (tertiary/aromatic N) is 1. The maximum absolute atomic E-state index is 9.38. The number of thiazole rings is 1. The first-order valence-electron chi connectivity index (χ1n) is 4.69. The molecular weight excluding hydrogens is 240 g/mol. The second-order valence-corrected chi connectivity index (χ2v) is 4.18. The number of guanidine groups is 1. The molecule has 0 aliphatic carbocycles. The van der Waals surface area contributed by atoms with E-state index in [1.165, 1.54) is 23.5 Å². The third-order valence-electron chi connectivity index (χ3n) is 2.03. The van der Waals surface area contributed by atoms with Crippen LogP contribution in [-0.2, 0) is 0 Å². The summed E-state index contributed by atoms with van der Waals surface area (Å²) in [6.45, 7) is 0. The van der Waals surface area contributed by atoms with Gasteiger partial charge in [0.2, 0.25) is 0 Å². The number of nitrogens with two attached hydrogens (primary N) is 2. The van der Waals surface area contributed by atoms with Crippen molar-refractivity contribution in [2.45, 2.75) is 0 Å². The first-order valence-corrected chi connectivity index (χ1v) is 5.57. The Bertz CT molecular complexity index is 575. The summed E-state index contributed by atoms with van der Waals surface area (Å²) >= 11 is 1.34. The van der Waals surface area contributed by atoms with Crippen molar-refractivity contribution >= 4 is 22.4 Å². The van der Waals surface area contributed by atoms with Crippen LogP contribution in [0.15, 0.2) is 23.6 Å². The van der Waals surface area contributed by atoms with Gasteiger partial charge in [-0.2, -0.15) is 0 Å². The predicted molar refractivity (Wildman–Crippen MR) is 64.9 cm³/mol. The molecule has 1 aromatic carbocycles. The lowest BCUT2D eigenvalue weighted by atomic mass is 10.1. The quantitative estimate of drug-likeness (QED) is 0.272. The molecule has 2 aromatic rings. The van der Waals surface area contributed by atoms with Crippen LogP contribution in [0, 0.1) is 0 Å². The largest absolute Gasteiger partial charge is 0.504 e. The highest BCUT2D eigenvalue weighted by Gasteiger charge is 2.10. The molecule has 0 unspecified atom stereocenters. The number of phenols is 2. The van der Waals surface area contributed by atoms with Crippen LogP contribution in [0.2, 0.25) is 0 Å². The Morgan fingerprint density at radius 1 is 1.24 bits per heavy atom. The number of nitrogens with one attached hydrogen (secondary N) is 1. The van der Waals surface area contributed by atoms with E-state index in [2.05, 4.69) is 9.98 Å². The molecule has 2 rings (SSSR count). The van der Waals surface area contributed by atoms with E-state index in [4.69, 9.17) is 11.5 Å². The normalized spacial score (nSPS) is 10.1. The third-order valence-corrected chi connectivity index (χ3v) is 2.78. The van der Waals surface area contributed by atoms with Gasteiger partial charge in [-0.05, 0) is 18.2 Å². The van der Waals surface area contributed by atoms with Crippen LogP contribution < -0.4 is 16.5 Å². The SMILES string of the molecule is NC(N)=[NH+]c1nc(-c2ccc(O)c(O)c2)cs1. The number of hydrogen-bond acceptors (Lipinski definition) is 4. The van der Waals surface area contributed by atoms with Crippen LogP contribution in [0.3, 0.4) is 0 Å². The summed E-state index contributed by atoms with van der Waals surface area (Å²) in [5.41, 5.74) is 11.9. The van der Waals surface area contributed by atoms with Gasteiger partial charge in [0.1, 0.15) is 5.69 Å². The average Bonchev–Trinajstić information content (AvgIpc) is 2.69. The first-order chi connectivity index (χ1) is 8.06. The second-order valence-electron chi connectivity index (χ2n) is 3.32. The molecule has 1 heterocycles. The van der Waals surface area contributed by atoms with Crippen LogP contribution in [0.1, 0.15) is 0 Å². The summed E-state index contributed by atoms with van der Waals surface area (Å²) in [5.74, 6) is -0.281. The molecular formula is C10H11N4O2S+. The zero-order chi connectivity index (χ0) is 12.4. The van der Waals surface area contributed by atoms with Gasteiger partial charge in [0.25, 0.3) is 5.13 Å². The topological polar surface area (TPSA) is 119 Å². The molecule has 0 aliphatic rings. The molecule has 0 saturated carbocycles. The average molecular weight is 251 g/mol.